The Morgan fingerprint density at radius 3 is 2.82 bits per heavy atom. The Balaban J connectivity index is 2.14. The lowest BCUT2D eigenvalue weighted by Crippen LogP contribution is -2.54. The van der Waals surface area contributed by atoms with Crippen molar-refractivity contribution in [1.82, 2.24) is 0 Å². The number of rotatable bonds is 3. The number of halogens is 2. The van der Waals surface area contributed by atoms with Gasteiger partial charge in [0.05, 0.1) is 0 Å². The number of alkyl halides is 1. The van der Waals surface area contributed by atoms with Crippen LogP contribution in [-0.4, -0.2) is 10.9 Å². The maximum absolute atomic E-state index is 13.6. The molecule has 0 radical (unpaired) electrons. The maximum Gasteiger partial charge on any atom is 0.165 e. The average molecular weight is 301 g/mol. The van der Waals surface area contributed by atoms with Crippen molar-refractivity contribution in [3.05, 3.63) is 29.6 Å². The zero-order valence-electron chi connectivity index (χ0n) is 10.5. The summed E-state index contributed by atoms with van der Waals surface area (Å²) in [7, 11) is 0. The second-order valence-electron chi connectivity index (χ2n) is 5.10. The van der Waals surface area contributed by atoms with Crippen molar-refractivity contribution < 1.29 is 9.13 Å². The molecule has 1 aliphatic carbocycles. The van der Waals surface area contributed by atoms with Crippen molar-refractivity contribution in [3.8, 4) is 5.75 Å². The summed E-state index contributed by atoms with van der Waals surface area (Å²) >= 11 is 3.66. The van der Waals surface area contributed by atoms with E-state index in [4.69, 9.17) is 4.74 Å². The van der Waals surface area contributed by atoms with E-state index in [0.29, 0.717) is 10.6 Å². The van der Waals surface area contributed by atoms with Gasteiger partial charge in [0, 0.05) is 10.2 Å². The van der Waals surface area contributed by atoms with Gasteiger partial charge in [-0.3, -0.25) is 0 Å². The zero-order chi connectivity index (χ0) is 12.6. The molecule has 1 saturated carbocycles. The van der Waals surface area contributed by atoms with Crippen molar-refractivity contribution in [3.63, 3.8) is 0 Å². The topological polar surface area (TPSA) is 9.23 Å². The van der Waals surface area contributed by atoms with Gasteiger partial charge in [-0.05, 0) is 37.5 Å². The van der Waals surface area contributed by atoms with E-state index in [1.165, 1.54) is 6.07 Å². The lowest BCUT2D eigenvalue weighted by atomic mass is 9.65. The Labute approximate surface area is 110 Å². The summed E-state index contributed by atoms with van der Waals surface area (Å²) in [5.74, 6) is 0.112. The molecule has 1 aromatic carbocycles. The summed E-state index contributed by atoms with van der Waals surface area (Å²) < 4.78 is 19.4. The van der Waals surface area contributed by atoms with E-state index in [1.54, 1.807) is 12.1 Å². The summed E-state index contributed by atoms with van der Waals surface area (Å²) in [4.78, 5) is 0.470. The van der Waals surface area contributed by atoms with Crippen LogP contribution in [-0.2, 0) is 0 Å². The largest absolute Gasteiger partial charge is 0.487 e. The first-order valence-electron chi connectivity index (χ1n) is 6.04. The number of hydrogen-bond donors (Lipinski definition) is 0. The van der Waals surface area contributed by atoms with Crippen LogP contribution in [0.4, 0.5) is 4.39 Å². The van der Waals surface area contributed by atoms with Crippen LogP contribution in [0.3, 0.4) is 0 Å². The third kappa shape index (κ3) is 2.22. The van der Waals surface area contributed by atoms with E-state index in [-0.39, 0.29) is 17.3 Å². The lowest BCUT2D eigenvalue weighted by Gasteiger charge is -2.50. The van der Waals surface area contributed by atoms with Crippen LogP contribution in [0, 0.1) is 18.2 Å². The molecule has 0 bridgehead atoms. The molecule has 3 atom stereocenters. The Hall–Kier alpha value is -0.570. The van der Waals surface area contributed by atoms with Gasteiger partial charge in [0.1, 0.15) is 6.10 Å². The Kier molecular flexibility index (Phi) is 3.48. The molecule has 1 aromatic rings. The minimum Gasteiger partial charge on any atom is -0.487 e. The van der Waals surface area contributed by atoms with Gasteiger partial charge in [-0.15, -0.1) is 0 Å². The number of aryl methyl sites for hydroxylation is 1. The predicted octanol–water partition coefficient (Wildman–Crippen LogP) is 4.47. The monoisotopic (exact) mass is 300 g/mol. The molecule has 0 spiro atoms. The maximum atomic E-state index is 13.6. The zero-order valence-corrected chi connectivity index (χ0v) is 12.1. The second-order valence-corrected chi connectivity index (χ2v) is 6.21. The van der Waals surface area contributed by atoms with Gasteiger partial charge >= 0.3 is 0 Å². The third-order valence-electron chi connectivity index (χ3n) is 3.99. The SMILES string of the molecule is CCC1(C)C(Br)CC1Oc1cc(C)ccc1F. The van der Waals surface area contributed by atoms with Crippen molar-refractivity contribution in [2.45, 2.75) is 44.5 Å². The molecule has 0 aromatic heterocycles. The van der Waals surface area contributed by atoms with E-state index in [0.717, 1.165) is 18.4 Å². The van der Waals surface area contributed by atoms with Gasteiger partial charge in [0.15, 0.2) is 11.6 Å². The molecule has 0 heterocycles. The average Bonchev–Trinajstić information content (AvgIpc) is 2.32. The Bertz CT molecular complexity index is 421. The molecule has 3 unspecified atom stereocenters. The number of hydrogen-bond acceptors (Lipinski definition) is 1. The minimum absolute atomic E-state index is 0.105. The predicted molar refractivity (Wildman–Crippen MR) is 71.3 cm³/mol. The summed E-state index contributed by atoms with van der Waals surface area (Å²) in [6, 6.07) is 5.00. The lowest BCUT2D eigenvalue weighted by molar-refractivity contribution is -0.0264. The van der Waals surface area contributed by atoms with Gasteiger partial charge in [0.2, 0.25) is 0 Å². The normalized spacial score (nSPS) is 32.1. The van der Waals surface area contributed by atoms with E-state index >= 15 is 0 Å². The molecule has 0 amide bonds. The third-order valence-corrected chi connectivity index (χ3v) is 5.41. The van der Waals surface area contributed by atoms with Gasteiger partial charge in [-0.25, -0.2) is 4.39 Å². The minimum atomic E-state index is -0.271. The van der Waals surface area contributed by atoms with Gasteiger partial charge in [0.25, 0.3) is 0 Å². The molecular formula is C14H18BrFO. The molecule has 1 fully saturated rings. The highest BCUT2D eigenvalue weighted by molar-refractivity contribution is 9.09. The fourth-order valence-electron chi connectivity index (χ4n) is 2.25. The first-order chi connectivity index (χ1) is 7.97. The molecular weight excluding hydrogens is 283 g/mol. The molecule has 1 nitrogen and oxygen atoms in total. The first-order valence-corrected chi connectivity index (χ1v) is 6.96. The smallest absolute Gasteiger partial charge is 0.165 e. The van der Waals surface area contributed by atoms with E-state index < -0.39 is 0 Å². The molecule has 1 aliphatic rings. The van der Waals surface area contributed by atoms with Crippen LogP contribution in [0.1, 0.15) is 32.3 Å². The van der Waals surface area contributed by atoms with Crippen molar-refractivity contribution in [2.24, 2.45) is 5.41 Å². The highest BCUT2D eigenvalue weighted by Crippen LogP contribution is 2.50. The molecule has 17 heavy (non-hydrogen) atoms. The van der Waals surface area contributed by atoms with E-state index in [1.807, 2.05) is 6.92 Å². The summed E-state index contributed by atoms with van der Waals surface area (Å²) in [5, 5.41) is 0. The molecule has 0 N–H and O–H groups in total. The van der Waals surface area contributed by atoms with Crippen LogP contribution in [0.25, 0.3) is 0 Å². The standard InChI is InChI=1S/C14H18BrFO/c1-4-14(3)12(15)8-13(14)17-11-7-9(2)5-6-10(11)16/h5-7,12-13H,4,8H2,1-3H3. The van der Waals surface area contributed by atoms with Crippen LogP contribution < -0.4 is 4.74 Å². The highest BCUT2D eigenvalue weighted by Gasteiger charge is 2.51. The van der Waals surface area contributed by atoms with E-state index in [9.17, 15) is 4.39 Å². The molecule has 2 rings (SSSR count). The van der Waals surface area contributed by atoms with Gasteiger partial charge < -0.3 is 4.74 Å². The summed E-state index contributed by atoms with van der Waals surface area (Å²) in [6.45, 7) is 6.28. The fraction of sp³-hybridized carbons (Fsp3) is 0.571. The first kappa shape index (κ1) is 12.9. The quantitative estimate of drug-likeness (QED) is 0.749. The van der Waals surface area contributed by atoms with Crippen LogP contribution >= 0.6 is 15.9 Å². The highest BCUT2D eigenvalue weighted by atomic mass is 79.9. The summed E-state index contributed by atoms with van der Waals surface area (Å²) in [6.07, 6.45) is 2.08. The fourth-order valence-corrected chi connectivity index (χ4v) is 3.21. The molecule has 0 aliphatic heterocycles. The van der Waals surface area contributed by atoms with Crippen LogP contribution in [0.2, 0.25) is 0 Å². The van der Waals surface area contributed by atoms with E-state index in [2.05, 4.69) is 29.8 Å². The number of ether oxygens (including phenoxy) is 1. The second kappa shape index (κ2) is 4.60. The Morgan fingerprint density at radius 2 is 2.24 bits per heavy atom. The van der Waals surface area contributed by atoms with Crippen molar-refractivity contribution in [2.75, 3.05) is 0 Å². The van der Waals surface area contributed by atoms with Gasteiger partial charge in [-0.1, -0.05) is 35.8 Å². The van der Waals surface area contributed by atoms with Crippen molar-refractivity contribution in [1.29, 1.82) is 0 Å². The van der Waals surface area contributed by atoms with Crippen LogP contribution in [0.5, 0.6) is 5.75 Å². The molecule has 3 heteroatoms. The van der Waals surface area contributed by atoms with Crippen molar-refractivity contribution >= 4 is 15.9 Å². The summed E-state index contributed by atoms with van der Waals surface area (Å²) in [5.41, 5.74) is 1.13. The number of benzene rings is 1. The Morgan fingerprint density at radius 1 is 1.53 bits per heavy atom. The molecule has 94 valence electrons. The van der Waals surface area contributed by atoms with Crippen LogP contribution in [0.15, 0.2) is 18.2 Å². The van der Waals surface area contributed by atoms with Gasteiger partial charge in [-0.2, -0.15) is 0 Å². The molecule has 0 saturated heterocycles.